The van der Waals surface area contributed by atoms with Gasteiger partial charge in [0.2, 0.25) is 11.8 Å². The minimum absolute atomic E-state index is 0.0597. The Morgan fingerprint density at radius 2 is 1.76 bits per heavy atom. The van der Waals surface area contributed by atoms with Crippen LogP contribution in [0.5, 0.6) is 5.75 Å². The van der Waals surface area contributed by atoms with Crippen molar-refractivity contribution in [1.29, 1.82) is 0 Å². The number of hydrogen-bond acceptors (Lipinski definition) is 9. The molecule has 1 saturated heterocycles. The summed E-state index contributed by atoms with van der Waals surface area (Å²) in [6, 6.07) is 18.3. The molecule has 0 unspecified atom stereocenters. The number of ketones is 1. The summed E-state index contributed by atoms with van der Waals surface area (Å²) < 4.78 is 17.1. The summed E-state index contributed by atoms with van der Waals surface area (Å²) in [6.45, 7) is 9.72. The molecule has 4 aromatic rings. The predicted molar refractivity (Wildman–Crippen MR) is 189 cm³/mol. The van der Waals surface area contributed by atoms with Gasteiger partial charge in [-0.05, 0) is 67.3 Å². The fraction of sp³-hybridized carbons (Fsp3) is 0.395. The van der Waals surface area contributed by atoms with Gasteiger partial charge in [-0.15, -0.1) is 0 Å². The lowest BCUT2D eigenvalue weighted by molar-refractivity contribution is -0.129. The monoisotopic (exact) mass is 683 g/mol. The van der Waals surface area contributed by atoms with Gasteiger partial charge in [0.25, 0.3) is 5.91 Å². The molecule has 2 atom stereocenters. The van der Waals surface area contributed by atoms with E-state index >= 15 is 0 Å². The third-order valence-corrected chi connectivity index (χ3v) is 8.37. The van der Waals surface area contributed by atoms with E-state index in [1.54, 1.807) is 31.3 Å². The molecule has 264 valence electrons. The Bertz CT molecular complexity index is 1770. The highest BCUT2D eigenvalue weighted by Gasteiger charge is 2.27. The van der Waals surface area contributed by atoms with Gasteiger partial charge in [-0.2, -0.15) is 0 Å². The first kappa shape index (κ1) is 36.2. The lowest BCUT2D eigenvalue weighted by Gasteiger charge is -2.26. The Morgan fingerprint density at radius 1 is 0.940 bits per heavy atom. The van der Waals surface area contributed by atoms with Crippen molar-refractivity contribution < 1.29 is 33.1 Å². The Morgan fingerprint density at radius 3 is 2.52 bits per heavy atom. The number of ether oxygens (including phenoxy) is 2. The van der Waals surface area contributed by atoms with Crippen LogP contribution in [-0.2, 0) is 25.5 Å². The summed E-state index contributed by atoms with van der Waals surface area (Å²) in [5.74, 6) is -0.945. The number of nitrogens with zero attached hydrogens (tertiary/aromatic N) is 2. The van der Waals surface area contributed by atoms with Crippen molar-refractivity contribution in [1.82, 2.24) is 25.8 Å². The Hall–Kier alpha value is -5.07. The quantitative estimate of drug-likeness (QED) is 0.160. The number of carbonyl (C=O) groups is 4. The van der Waals surface area contributed by atoms with Crippen molar-refractivity contribution in [2.24, 2.45) is 5.92 Å². The van der Waals surface area contributed by atoms with Crippen molar-refractivity contribution in [3.8, 4) is 17.0 Å². The Labute approximate surface area is 291 Å². The van der Waals surface area contributed by atoms with Crippen LogP contribution in [0.3, 0.4) is 0 Å². The van der Waals surface area contributed by atoms with Gasteiger partial charge in [0.05, 0.1) is 37.9 Å². The summed E-state index contributed by atoms with van der Waals surface area (Å²) in [4.78, 5) is 58.7. The minimum atomic E-state index is -0.911. The van der Waals surface area contributed by atoms with Crippen molar-refractivity contribution in [3.63, 3.8) is 0 Å². The molecule has 3 heterocycles. The number of carbonyl (C=O) groups excluding carboxylic acids is 4. The van der Waals surface area contributed by atoms with Crippen LogP contribution in [0.15, 0.2) is 77.3 Å². The zero-order valence-electron chi connectivity index (χ0n) is 28.8. The van der Waals surface area contributed by atoms with Gasteiger partial charge in [0.1, 0.15) is 24.0 Å². The molecule has 1 aliphatic rings. The number of morpholine rings is 1. The van der Waals surface area contributed by atoms with Crippen LogP contribution in [0, 0.1) is 5.92 Å². The lowest BCUT2D eigenvalue weighted by atomic mass is 10.0. The van der Waals surface area contributed by atoms with Crippen LogP contribution in [0.25, 0.3) is 22.2 Å². The third kappa shape index (κ3) is 10.5. The SMILES string of the molecule is CC(C)C[C@H](NC(=O)c1cc2cc(OCCN3CCOCC3)ccc2o1)C(=O)N[C@@H](C)C(=O)CNC(=O)Cc1cccc(-c2ccccn2)c1. The molecule has 0 saturated carbocycles. The van der Waals surface area contributed by atoms with E-state index in [0.717, 1.165) is 49.7 Å². The molecule has 1 aliphatic heterocycles. The van der Waals surface area contributed by atoms with Gasteiger partial charge < -0.3 is 29.8 Å². The van der Waals surface area contributed by atoms with Crippen molar-refractivity contribution in [2.45, 2.75) is 45.7 Å². The van der Waals surface area contributed by atoms with E-state index in [4.69, 9.17) is 13.9 Å². The Balaban J connectivity index is 1.11. The van der Waals surface area contributed by atoms with E-state index in [0.29, 0.717) is 29.7 Å². The molecule has 12 heteroatoms. The number of aromatic nitrogens is 1. The molecule has 0 aliphatic carbocycles. The molecule has 2 aromatic carbocycles. The number of amides is 3. The van der Waals surface area contributed by atoms with Crippen LogP contribution in [0.4, 0.5) is 0 Å². The maximum absolute atomic E-state index is 13.3. The maximum Gasteiger partial charge on any atom is 0.287 e. The van der Waals surface area contributed by atoms with E-state index in [1.807, 2.05) is 62.4 Å². The smallest absolute Gasteiger partial charge is 0.287 e. The van der Waals surface area contributed by atoms with Crippen LogP contribution >= 0.6 is 0 Å². The molecule has 3 N–H and O–H groups in total. The Kier molecular flexibility index (Phi) is 12.7. The average Bonchev–Trinajstić information content (AvgIpc) is 3.55. The number of Topliss-reactive ketones (excluding diaryl/α,β-unsaturated/α-hetero) is 1. The van der Waals surface area contributed by atoms with E-state index in [1.165, 1.54) is 0 Å². The van der Waals surface area contributed by atoms with Crippen molar-refractivity contribution in [2.75, 3.05) is 46.0 Å². The van der Waals surface area contributed by atoms with Crippen molar-refractivity contribution in [3.05, 3.63) is 84.3 Å². The van der Waals surface area contributed by atoms with E-state index in [9.17, 15) is 19.2 Å². The molecule has 12 nitrogen and oxygen atoms in total. The number of rotatable bonds is 16. The molecular formula is C38H45N5O7. The average molecular weight is 684 g/mol. The highest BCUT2D eigenvalue weighted by Crippen LogP contribution is 2.25. The van der Waals surface area contributed by atoms with Gasteiger partial charge in [0, 0.05) is 36.8 Å². The molecule has 0 spiro atoms. The van der Waals surface area contributed by atoms with E-state index in [-0.39, 0.29) is 36.3 Å². The molecule has 0 bridgehead atoms. The molecule has 50 heavy (non-hydrogen) atoms. The molecule has 5 rings (SSSR count). The second-order valence-electron chi connectivity index (χ2n) is 12.8. The van der Waals surface area contributed by atoms with E-state index in [2.05, 4.69) is 25.8 Å². The van der Waals surface area contributed by atoms with Gasteiger partial charge >= 0.3 is 0 Å². The van der Waals surface area contributed by atoms with Crippen LogP contribution in [0.2, 0.25) is 0 Å². The topological polar surface area (TPSA) is 152 Å². The van der Waals surface area contributed by atoms with Gasteiger partial charge in [-0.3, -0.25) is 29.1 Å². The standard InChI is InChI=1S/C38H45N5O7/c1-25(2)19-32(42-38(47)35-23-29-22-30(10-11-34(29)50-35)49-18-15-43-13-16-48-17-14-43)37(46)41-26(3)33(44)24-40-36(45)21-27-7-6-8-28(20-27)31-9-4-5-12-39-31/h4-12,20,22-23,25-26,32H,13-19,21,24H2,1-3H3,(H,40,45)(H,41,46)(H,42,47)/t26-,32-/m0/s1. The van der Waals surface area contributed by atoms with Gasteiger partial charge in [-0.25, -0.2) is 0 Å². The number of benzene rings is 2. The lowest BCUT2D eigenvalue weighted by Crippen LogP contribution is -2.52. The van der Waals surface area contributed by atoms with Crippen LogP contribution in [0.1, 0.15) is 43.3 Å². The summed E-state index contributed by atoms with van der Waals surface area (Å²) in [7, 11) is 0. The molecule has 2 aromatic heterocycles. The predicted octanol–water partition coefficient (Wildman–Crippen LogP) is 3.78. The number of hydrogen-bond donors (Lipinski definition) is 3. The second-order valence-corrected chi connectivity index (χ2v) is 12.8. The first-order chi connectivity index (χ1) is 24.1. The third-order valence-electron chi connectivity index (χ3n) is 8.37. The summed E-state index contributed by atoms with van der Waals surface area (Å²) in [5.41, 5.74) is 2.99. The molecular weight excluding hydrogens is 638 g/mol. The number of fused-ring (bicyclic) bond motifs is 1. The van der Waals surface area contributed by atoms with Crippen LogP contribution in [-0.4, -0.2) is 91.5 Å². The maximum atomic E-state index is 13.3. The van der Waals surface area contributed by atoms with Gasteiger partial charge in [-0.1, -0.05) is 38.1 Å². The first-order valence-corrected chi connectivity index (χ1v) is 17.0. The normalized spacial score (nSPS) is 14.6. The number of pyridine rings is 1. The number of nitrogens with one attached hydrogen (secondary N) is 3. The zero-order chi connectivity index (χ0) is 35.5. The largest absolute Gasteiger partial charge is 0.492 e. The minimum Gasteiger partial charge on any atom is -0.492 e. The highest BCUT2D eigenvalue weighted by atomic mass is 16.5. The van der Waals surface area contributed by atoms with Crippen molar-refractivity contribution >= 4 is 34.5 Å². The highest BCUT2D eigenvalue weighted by molar-refractivity contribution is 6.00. The summed E-state index contributed by atoms with van der Waals surface area (Å²) >= 11 is 0. The fourth-order valence-corrected chi connectivity index (χ4v) is 5.63. The van der Waals surface area contributed by atoms with Gasteiger partial charge in [0.15, 0.2) is 11.5 Å². The summed E-state index contributed by atoms with van der Waals surface area (Å²) in [5, 5.41) is 8.82. The van der Waals surface area contributed by atoms with E-state index < -0.39 is 23.9 Å². The fourth-order valence-electron chi connectivity index (χ4n) is 5.63. The molecule has 3 amide bonds. The zero-order valence-corrected chi connectivity index (χ0v) is 28.8. The molecule has 1 fully saturated rings. The van der Waals surface area contributed by atoms with Crippen LogP contribution < -0.4 is 20.7 Å². The second kappa shape index (κ2) is 17.5. The summed E-state index contributed by atoms with van der Waals surface area (Å²) in [6.07, 6.45) is 2.14. The molecule has 0 radical (unpaired) electrons. The number of furan rings is 1. The first-order valence-electron chi connectivity index (χ1n) is 17.0.